The lowest BCUT2D eigenvalue weighted by Gasteiger charge is -2.18. The average molecular weight is 354 g/mol. The number of hydrogen-bond donors (Lipinski definition) is 2. The summed E-state index contributed by atoms with van der Waals surface area (Å²) in [6, 6.07) is 13.3. The zero-order valence-corrected chi connectivity index (χ0v) is 14.7. The molecule has 0 amide bonds. The molecule has 3 nitrogen and oxygen atoms in total. The Morgan fingerprint density at radius 1 is 1.17 bits per heavy atom. The number of benzene rings is 2. The summed E-state index contributed by atoms with van der Waals surface area (Å²) < 4.78 is 5.57. The van der Waals surface area contributed by atoms with Crippen LogP contribution in [0.3, 0.4) is 0 Å². The fourth-order valence-electron chi connectivity index (χ4n) is 2.17. The second kappa shape index (κ2) is 8.55. The molecule has 2 aromatic rings. The van der Waals surface area contributed by atoms with E-state index in [-0.39, 0.29) is 12.6 Å². The monoisotopic (exact) mass is 353 g/mol. The van der Waals surface area contributed by atoms with Crippen LogP contribution in [0.4, 0.5) is 0 Å². The summed E-state index contributed by atoms with van der Waals surface area (Å²) in [5.41, 5.74) is 2.15. The molecule has 0 aliphatic rings. The Bertz CT molecular complexity index is 649. The summed E-state index contributed by atoms with van der Waals surface area (Å²) in [6.45, 7) is 4.58. The van der Waals surface area contributed by atoms with Crippen LogP contribution >= 0.6 is 23.2 Å². The molecule has 2 rings (SSSR count). The largest absolute Gasteiger partial charge is 0.489 e. The van der Waals surface area contributed by atoms with E-state index in [2.05, 4.69) is 5.32 Å². The van der Waals surface area contributed by atoms with E-state index in [4.69, 9.17) is 27.9 Å². The van der Waals surface area contributed by atoms with E-state index in [0.29, 0.717) is 22.3 Å². The van der Waals surface area contributed by atoms with Gasteiger partial charge in [-0.05, 0) is 49.2 Å². The highest BCUT2D eigenvalue weighted by Gasteiger charge is 2.11. The van der Waals surface area contributed by atoms with Crippen molar-refractivity contribution in [3.63, 3.8) is 0 Å². The van der Waals surface area contributed by atoms with Gasteiger partial charge in [-0.2, -0.15) is 0 Å². The number of aryl methyl sites for hydroxylation is 1. The fourth-order valence-corrected chi connectivity index (χ4v) is 2.66. The van der Waals surface area contributed by atoms with Crippen molar-refractivity contribution in [3.8, 4) is 5.75 Å². The van der Waals surface area contributed by atoms with Crippen molar-refractivity contribution in [1.82, 2.24) is 5.32 Å². The van der Waals surface area contributed by atoms with Crippen LogP contribution in [0.25, 0.3) is 0 Å². The minimum absolute atomic E-state index is 0.0892. The van der Waals surface area contributed by atoms with Crippen LogP contribution in [0, 0.1) is 6.92 Å². The third-order valence-electron chi connectivity index (χ3n) is 3.53. The number of aliphatic hydroxyl groups is 1. The average Bonchev–Trinajstić information content (AvgIpc) is 2.51. The third kappa shape index (κ3) is 5.70. The molecule has 0 aromatic heterocycles. The molecule has 2 N–H and O–H groups in total. The second-order valence-electron chi connectivity index (χ2n) is 5.58. The van der Waals surface area contributed by atoms with E-state index in [0.717, 1.165) is 11.1 Å². The highest BCUT2D eigenvalue weighted by Crippen LogP contribution is 2.25. The number of ether oxygens (including phenoxy) is 1. The molecule has 2 aromatic carbocycles. The summed E-state index contributed by atoms with van der Waals surface area (Å²) in [4.78, 5) is 0. The van der Waals surface area contributed by atoms with E-state index >= 15 is 0 Å². The summed E-state index contributed by atoms with van der Waals surface area (Å²) in [5.74, 6) is 0.583. The Morgan fingerprint density at radius 2 is 1.96 bits per heavy atom. The van der Waals surface area contributed by atoms with Crippen molar-refractivity contribution in [3.05, 3.63) is 63.6 Å². The molecule has 2 unspecified atom stereocenters. The Balaban J connectivity index is 1.79. The Kier molecular flexibility index (Phi) is 6.72. The van der Waals surface area contributed by atoms with Gasteiger partial charge in [0.25, 0.3) is 0 Å². The first-order chi connectivity index (χ1) is 11.0. The molecule has 0 radical (unpaired) electrons. The van der Waals surface area contributed by atoms with E-state index in [9.17, 15) is 5.11 Å². The van der Waals surface area contributed by atoms with Crippen LogP contribution < -0.4 is 10.1 Å². The second-order valence-corrected chi connectivity index (χ2v) is 6.43. The smallest absolute Gasteiger partial charge is 0.138 e. The number of halogens is 2. The van der Waals surface area contributed by atoms with Gasteiger partial charge in [-0.1, -0.05) is 41.4 Å². The van der Waals surface area contributed by atoms with Gasteiger partial charge in [-0.15, -0.1) is 0 Å². The maximum Gasteiger partial charge on any atom is 0.138 e. The number of aliphatic hydroxyl groups excluding tert-OH is 1. The molecule has 124 valence electrons. The van der Waals surface area contributed by atoms with Crippen LogP contribution in [0.15, 0.2) is 42.5 Å². The molecule has 0 bridgehead atoms. The topological polar surface area (TPSA) is 41.5 Å². The normalized spacial score (nSPS) is 13.6. The van der Waals surface area contributed by atoms with E-state index in [1.807, 2.05) is 56.3 Å². The maximum atomic E-state index is 10.0. The van der Waals surface area contributed by atoms with Gasteiger partial charge in [0, 0.05) is 17.6 Å². The highest BCUT2D eigenvalue weighted by atomic mass is 35.5. The SMILES string of the molecule is Cc1ccc(OCC(O)CNC(C)c2cccc(Cl)c2)c(Cl)c1. The molecule has 0 aliphatic heterocycles. The zero-order chi connectivity index (χ0) is 16.8. The predicted molar refractivity (Wildman–Crippen MR) is 95.6 cm³/mol. The molecule has 2 atom stereocenters. The summed E-state index contributed by atoms with van der Waals surface area (Å²) in [6.07, 6.45) is -0.631. The molecule has 23 heavy (non-hydrogen) atoms. The molecular formula is C18H21Cl2NO2. The summed E-state index contributed by atoms with van der Waals surface area (Å²) >= 11 is 12.1. The van der Waals surface area contributed by atoms with E-state index in [1.165, 1.54) is 0 Å². The van der Waals surface area contributed by atoms with Crippen LogP contribution in [-0.4, -0.2) is 24.4 Å². The van der Waals surface area contributed by atoms with Gasteiger partial charge in [-0.25, -0.2) is 0 Å². The van der Waals surface area contributed by atoms with Crippen LogP contribution in [0.2, 0.25) is 10.0 Å². The Labute approximate surface area is 147 Å². The predicted octanol–water partition coefficient (Wildman–Crippen LogP) is 4.39. The van der Waals surface area contributed by atoms with Crippen molar-refractivity contribution < 1.29 is 9.84 Å². The molecule has 5 heteroatoms. The first-order valence-electron chi connectivity index (χ1n) is 7.51. The standard InChI is InChI=1S/C18H21Cl2NO2/c1-12-6-7-18(17(20)8-12)23-11-16(22)10-21-13(2)14-4-3-5-15(19)9-14/h3-9,13,16,21-22H,10-11H2,1-2H3. The number of hydrogen-bond acceptors (Lipinski definition) is 3. The van der Waals surface area contributed by atoms with Gasteiger partial charge in [0.15, 0.2) is 0 Å². The quantitative estimate of drug-likeness (QED) is 0.775. The van der Waals surface area contributed by atoms with Gasteiger partial charge in [0.05, 0.1) is 5.02 Å². The van der Waals surface area contributed by atoms with Crippen molar-refractivity contribution in [2.45, 2.75) is 26.0 Å². The lowest BCUT2D eigenvalue weighted by atomic mass is 10.1. The lowest BCUT2D eigenvalue weighted by molar-refractivity contribution is 0.104. The van der Waals surface area contributed by atoms with Gasteiger partial charge in [-0.3, -0.25) is 0 Å². The number of nitrogens with one attached hydrogen (secondary N) is 1. The summed E-state index contributed by atoms with van der Waals surface area (Å²) in [5, 5.41) is 14.6. The summed E-state index contributed by atoms with van der Waals surface area (Å²) in [7, 11) is 0. The van der Waals surface area contributed by atoms with Gasteiger partial charge >= 0.3 is 0 Å². The molecule has 0 heterocycles. The van der Waals surface area contributed by atoms with Crippen LogP contribution in [-0.2, 0) is 0 Å². The van der Waals surface area contributed by atoms with Gasteiger partial charge in [0.1, 0.15) is 18.5 Å². The van der Waals surface area contributed by atoms with E-state index in [1.54, 1.807) is 0 Å². The minimum atomic E-state index is -0.631. The van der Waals surface area contributed by atoms with Crippen molar-refractivity contribution >= 4 is 23.2 Å². The third-order valence-corrected chi connectivity index (χ3v) is 4.06. The van der Waals surface area contributed by atoms with Crippen LogP contribution in [0.1, 0.15) is 24.1 Å². The molecular weight excluding hydrogens is 333 g/mol. The Morgan fingerprint density at radius 3 is 2.65 bits per heavy atom. The highest BCUT2D eigenvalue weighted by molar-refractivity contribution is 6.32. The first kappa shape index (κ1) is 18.1. The van der Waals surface area contributed by atoms with E-state index < -0.39 is 6.10 Å². The number of rotatable bonds is 7. The van der Waals surface area contributed by atoms with Crippen molar-refractivity contribution in [1.29, 1.82) is 0 Å². The molecule has 0 aliphatic carbocycles. The fraction of sp³-hybridized carbons (Fsp3) is 0.333. The Hall–Kier alpha value is -1.26. The molecule has 0 fully saturated rings. The molecule has 0 saturated carbocycles. The van der Waals surface area contributed by atoms with Gasteiger partial charge in [0.2, 0.25) is 0 Å². The van der Waals surface area contributed by atoms with Crippen molar-refractivity contribution in [2.24, 2.45) is 0 Å². The lowest BCUT2D eigenvalue weighted by Crippen LogP contribution is -2.33. The first-order valence-corrected chi connectivity index (χ1v) is 8.27. The van der Waals surface area contributed by atoms with Gasteiger partial charge < -0.3 is 15.2 Å². The van der Waals surface area contributed by atoms with Crippen molar-refractivity contribution in [2.75, 3.05) is 13.2 Å². The zero-order valence-electron chi connectivity index (χ0n) is 13.2. The molecule has 0 saturated heterocycles. The van der Waals surface area contributed by atoms with Crippen LogP contribution in [0.5, 0.6) is 5.75 Å². The minimum Gasteiger partial charge on any atom is -0.489 e. The maximum absolute atomic E-state index is 10.0. The molecule has 0 spiro atoms.